The number of nitrogens with zero attached hydrogens (tertiary/aromatic N) is 3. The van der Waals surface area contributed by atoms with Gasteiger partial charge in [0.1, 0.15) is 11.5 Å². The van der Waals surface area contributed by atoms with Crippen LogP contribution >= 0.6 is 0 Å². The number of halogens is 3. The molecule has 198 valence electrons. The molecule has 0 radical (unpaired) electrons. The van der Waals surface area contributed by atoms with Crippen LogP contribution in [0.2, 0.25) is 0 Å². The van der Waals surface area contributed by atoms with Gasteiger partial charge in [-0.2, -0.15) is 13.2 Å². The molecule has 5 aromatic rings. The summed E-state index contributed by atoms with van der Waals surface area (Å²) in [6, 6.07) is 24.1. The number of para-hydroxylation sites is 1. The third-order valence-corrected chi connectivity index (χ3v) is 6.45. The molecule has 0 unspecified atom stereocenters. The molecule has 0 saturated heterocycles. The predicted molar refractivity (Wildman–Crippen MR) is 145 cm³/mol. The minimum atomic E-state index is -4.51. The molecular formula is C28H22F3N5O2S. The van der Waals surface area contributed by atoms with Crippen LogP contribution in [-0.2, 0) is 22.7 Å². The Balaban J connectivity index is 1.37. The fourth-order valence-corrected chi connectivity index (χ4v) is 4.57. The van der Waals surface area contributed by atoms with Crippen molar-refractivity contribution < 1.29 is 21.6 Å². The van der Waals surface area contributed by atoms with Crippen LogP contribution in [0.3, 0.4) is 0 Å². The number of sulfonamides is 1. The highest BCUT2D eigenvalue weighted by atomic mass is 32.2. The third kappa shape index (κ3) is 6.32. The van der Waals surface area contributed by atoms with Crippen LogP contribution in [-0.4, -0.2) is 29.6 Å². The van der Waals surface area contributed by atoms with Crippen LogP contribution in [0.25, 0.3) is 33.4 Å². The van der Waals surface area contributed by atoms with E-state index >= 15 is 0 Å². The highest BCUT2D eigenvalue weighted by Crippen LogP contribution is 2.31. The molecule has 0 spiro atoms. The second-order valence-electron chi connectivity index (χ2n) is 8.84. The van der Waals surface area contributed by atoms with E-state index in [4.69, 9.17) is 4.98 Å². The maximum atomic E-state index is 13.0. The van der Waals surface area contributed by atoms with Crippen molar-refractivity contribution in [2.24, 2.45) is 0 Å². The van der Waals surface area contributed by atoms with Crippen molar-refractivity contribution in [1.82, 2.24) is 15.0 Å². The minimum Gasteiger partial charge on any atom is -0.365 e. The van der Waals surface area contributed by atoms with Crippen LogP contribution in [0.5, 0.6) is 0 Å². The van der Waals surface area contributed by atoms with Crippen molar-refractivity contribution in [2.45, 2.75) is 12.7 Å². The van der Waals surface area contributed by atoms with Gasteiger partial charge in [0, 0.05) is 29.4 Å². The summed E-state index contributed by atoms with van der Waals surface area (Å²) < 4.78 is 64.5. The number of benzene rings is 3. The van der Waals surface area contributed by atoms with Gasteiger partial charge in [0.05, 0.1) is 11.8 Å². The van der Waals surface area contributed by atoms with E-state index in [1.807, 2.05) is 36.4 Å². The molecule has 11 heteroatoms. The maximum Gasteiger partial charge on any atom is 0.433 e. The Labute approximate surface area is 222 Å². The van der Waals surface area contributed by atoms with Crippen molar-refractivity contribution in [3.05, 3.63) is 102 Å². The predicted octanol–water partition coefficient (Wildman–Crippen LogP) is 6.36. The van der Waals surface area contributed by atoms with Crippen LogP contribution in [0, 0.1) is 0 Å². The highest BCUT2D eigenvalue weighted by Gasteiger charge is 2.32. The molecule has 0 amide bonds. The summed E-state index contributed by atoms with van der Waals surface area (Å²) in [4.78, 5) is 12.8. The Morgan fingerprint density at radius 3 is 2.21 bits per heavy atom. The van der Waals surface area contributed by atoms with Gasteiger partial charge >= 0.3 is 6.18 Å². The van der Waals surface area contributed by atoms with Gasteiger partial charge in [0.15, 0.2) is 5.82 Å². The van der Waals surface area contributed by atoms with E-state index in [0.717, 1.165) is 35.0 Å². The zero-order valence-electron chi connectivity index (χ0n) is 20.6. The summed E-state index contributed by atoms with van der Waals surface area (Å²) in [5.74, 6) is 1.08. The first-order valence-corrected chi connectivity index (χ1v) is 13.7. The van der Waals surface area contributed by atoms with E-state index in [9.17, 15) is 21.6 Å². The van der Waals surface area contributed by atoms with E-state index in [-0.39, 0.29) is 0 Å². The number of nitrogens with one attached hydrogen (secondary N) is 2. The fraction of sp³-hybridized carbons (Fsp3) is 0.107. The lowest BCUT2D eigenvalue weighted by Gasteiger charge is -2.12. The molecule has 0 aliphatic heterocycles. The third-order valence-electron chi connectivity index (χ3n) is 5.85. The van der Waals surface area contributed by atoms with Gasteiger partial charge in [-0.3, -0.25) is 9.71 Å². The maximum absolute atomic E-state index is 13.0. The largest absolute Gasteiger partial charge is 0.433 e. The van der Waals surface area contributed by atoms with Crippen LogP contribution in [0.4, 0.5) is 24.7 Å². The molecule has 5 rings (SSSR count). The summed E-state index contributed by atoms with van der Waals surface area (Å²) in [5.41, 5.74) is 2.93. The van der Waals surface area contributed by atoms with Crippen LogP contribution in [0.15, 0.2) is 91.1 Å². The summed E-state index contributed by atoms with van der Waals surface area (Å²) >= 11 is 0. The summed E-state index contributed by atoms with van der Waals surface area (Å²) in [6.45, 7) is 0.419. The molecule has 0 atom stereocenters. The minimum absolute atomic E-state index is 0.419. The lowest BCUT2D eigenvalue weighted by Crippen LogP contribution is -2.09. The lowest BCUT2D eigenvalue weighted by molar-refractivity contribution is -0.141. The molecule has 2 N–H and O–H groups in total. The first-order chi connectivity index (χ1) is 18.5. The molecule has 39 heavy (non-hydrogen) atoms. The normalized spacial score (nSPS) is 11.9. The van der Waals surface area contributed by atoms with E-state index in [2.05, 4.69) is 20.0 Å². The smallest absolute Gasteiger partial charge is 0.365 e. The second-order valence-corrected chi connectivity index (χ2v) is 10.6. The van der Waals surface area contributed by atoms with Crippen molar-refractivity contribution in [2.75, 3.05) is 16.3 Å². The number of alkyl halides is 3. The van der Waals surface area contributed by atoms with Crippen molar-refractivity contribution in [1.29, 1.82) is 0 Å². The lowest BCUT2D eigenvalue weighted by atomic mass is 10.0. The van der Waals surface area contributed by atoms with Gasteiger partial charge in [-0.15, -0.1) is 0 Å². The zero-order valence-corrected chi connectivity index (χ0v) is 21.4. The Hall–Kier alpha value is -4.51. The quantitative estimate of drug-likeness (QED) is 0.245. The van der Waals surface area contributed by atoms with Gasteiger partial charge in [-0.25, -0.2) is 18.4 Å². The summed E-state index contributed by atoms with van der Waals surface area (Å²) in [5, 5.41) is 4.17. The molecule has 2 aromatic heterocycles. The van der Waals surface area contributed by atoms with Gasteiger partial charge in [0.2, 0.25) is 10.0 Å². The number of anilines is 2. The molecule has 0 aliphatic rings. The van der Waals surface area contributed by atoms with Gasteiger partial charge in [0.25, 0.3) is 0 Å². The van der Waals surface area contributed by atoms with E-state index in [1.165, 1.54) is 0 Å². The van der Waals surface area contributed by atoms with E-state index in [0.29, 0.717) is 40.6 Å². The Morgan fingerprint density at radius 2 is 1.51 bits per heavy atom. The SMILES string of the molecule is CS(=O)(=O)Nc1ccc(-c2nc(NCc3ccc(-c4ccnc(C(F)(F)F)c4)cc3)c3ccccc3n2)cc1. The molecule has 2 heterocycles. The van der Waals surface area contributed by atoms with Crippen LogP contribution < -0.4 is 10.0 Å². The molecule has 0 aliphatic carbocycles. The molecule has 0 fully saturated rings. The average molecular weight is 550 g/mol. The van der Waals surface area contributed by atoms with E-state index in [1.54, 1.807) is 42.5 Å². The van der Waals surface area contributed by atoms with Gasteiger partial charge in [-0.1, -0.05) is 36.4 Å². The van der Waals surface area contributed by atoms with Crippen molar-refractivity contribution >= 4 is 32.4 Å². The standard InChI is InChI=1S/C28H22F3N5O2S/c1-39(37,38)36-22-12-10-20(11-13-22)26-34-24-5-3-2-4-23(24)27(35-26)33-17-18-6-8-19(9-7-18)21-14-15-32-25(16-21)28(29,30)31/h2-16,36H,17H2,1H3,(H,33,34,35). The number of hydrogen-bond acceptors (Lipinski definition) is 6. The fourth-order valence-electron chi connectivity index (χ4n) is 4.01. The van der Waals surface area contributed by atoms with E-state index < -0.39 is 21.9 Å². The molecule has 7 nitrogen and oxygen atoms in total. The van der Waals surface area contributed by atoms with Gasteiger partial charge < -0.3 is 5.32 Å². The topological polar surface area (TPSA) is 96.9 Å². The number of pyridine rings is 1. The number of aromatic nitrogens is 3. The summed E-state index contributed by atoms with van der Waals surface area (Å²) in [7, 11) is -3.39. The van der Waals surface area contributed by atoms with Crippen LogP contribution in [0.1, 0.15) is 11.3 Å². The van der Waals surface area contributed by atoms with Crippen molar-refractivity contribution in [3.63, 3.8) is 0 Å². The zero-order chi connectivity index (χ0) is 27.6. The van der Waals surface area contributed by atoms with Crippen molar-refractivity contribution in [3.8, 4) is 22.5 Å². The molecular weight excluding hydrogens is 527 g/mol. The second kappa shape index (κ2) is 10.3. The number of hydrogen-bond donors (Lipinski definition) is 2. The number of fused-ring (bicyclic) bond motifs is 1. The molecule has 3 aromatic carbocycles. The first-order valence-electron chi connectivity index (χ1n) is 11.8. The van der Waals surface area contributed by atoms with Gasteiger partial charge in [-0.05, 0) is 65.2 Å². The number of rotatable bonds is 7. The molecule has 0 saturated carbocycles. The highest BCUT2D eigenvalue weighted by molar-refractivity contribution is 7.92. The monoisotopic (exact) mass is 549 g/mol. The molecule has 0 bridgehead atoms. The Morgan fingerprint density at radius 1 is 0.821 bits per heavy atom. The Bertz CT molecular complexity index is 1740. The summed E-state index contributed by atoms with van der Waals surface area (Å²) in [6.07, 6.45) is -2.27. The first kappa shape index (κ1) is 26.1. The Kier molecular flexibility index (Phi) is 6.92. The average Bonchev–Trinajstić information content (AvgIpc) is 2.91.